The molecule has 1 aromatic heterocycles. The Kier molecular flexibility index (Phi) is 6.51. The Bertz CT molecular complexity index is 1460. The van der Waals surface area contributed by atoms with Gasteiger partial charge in [-0.15, -0.1) is 0 Å². The number of hydrogen-bond donors (Lipinski definition) is 2. The highest BCUT2D eigenvalue weighted by Crippen LogP contribution is 2.42. The number of benzene rings is 3. The topological polar surface area (TPSA) is 71.6 Å². The molecule has 0 amide bonds. The van der Waals surface area contributed by atoms with Gasteiger partial charge in [-0.05, 0) is 54.3 Å². The molecule has 2 unspecified atom stereocenters. The highest BCUT2D eigenvalue weighted by Gasteiger charge is 2.30. The number of halogens is 4. The molecule has 3 N–H and O–H groups in total. The van der Waals surface area contributed by atoms with E-state index in [1.807, 2.05) is 4.90 Å². The van der Waals surface area contributed by atoms with Gasteiger partial charge in [0.2, 0.25) is 0 Å². The number of hydrogen-bond acceptors (Lipinski definition) is 5. The molecule has 3 aromatic carbocycles. The van der Waals surface area contributed by atoms with Crippen molar-refractivity contribution in [2.45, 2.75) is 25.5 Å². The second-order valence-corrected chi connectivity index (χ2v) is 9.27. The number of nitrogens with two attached hydrogens (primary N) is 1. The van der Waals surface area contributed by atoms with Gasteiger partial charge < -0.3 is 20.5 Å². The summed E-state index contributed by atoms with van der Waals surface area (Å²) in [4.78, 5) is 6.52. The predicted molar refractivity (Wildman–Crippen MR) is 134 cm³/mol. The number of rotatable bonds is 4. The number of nitrogens with zero attached hydrogens (tertiary/aromatic N) is 2. The third kappa shape index (κ3) is 4.49. The minimum Gasteiger partial charge on any atom is -0.504 e. The number of anilines is 1. The molecule has 0 spiro atoms. The second-order valence-electron chi connectivity index (χ2n) is 9.27. The zero-order valence-corrected chi connectivity index (χ0v) is 20.2. The van der Waals surface area contributed by atoms with Gasteiger partial charge in [0.05, 0.1) is 17.3 Å². The second kappa shape index (κ2) is 9.64. The molecular formula is C28H25F4N3O2. The van der Waals surface area contributed by atoms with Gasteiger partial charge >= 0.3 is 0 Å². The molecule has 0 bridgehead atoms. The van der Waals surface area contributed by atoms with E-state index in [4.69, 9.17) is 10.5 Å². The number of ether oxygens (including phenoxy) is 1. The lowest BCUT2D eigenvalue weighted by atomic mass is 9.93. The van der Waals surface area contributed by atoms with Crippen LogP contribution in [0.4, 0.5) is 23.2 Å². The molecule has 37 heavy (non-hydrogen) atoms. The molecule has 0 radical (unpaired) electrons. The van der Waals surface area contributed by atoms with Crippen molar-refractivity contribution in [3.05, 3.63) is 77.5 Å². The Morgan fingerprint density at radius 2 is 1.73 bits per heavy atom. The van der Waals surface area contributed by atoms with Crippen LogP contribution in [-0.2, 0) is 4.74 Å². The SMILES string of the molecule is COC1CN(c2c(-c3cc(F)cc(F)c3)cnc3ccc(-c4c(C)c(F)cc(F)c4O)cc23)CCC1N. The maximum absolute atomic E-state index is 14.4. The first kappa shape index (κ1) is 25.0. The summed E-state index contributed by atoms with van der Waals surface area (Å²) in [6, 6.07) is 8.66. The summed E-state index contributed by atoms with van der Waals surface area (Å²) in [6.07, 6.45) is 1.86. The highest BCUT2D eigenvalue weighted by molar-refractivity contribution is 6.02. The number of pyridine rings is 1. The zero-order chi connectivity index (χ0) is 26.4. The average Bonchev–Trinajstić information content (AvgIpc) is 2.87. The van der Waals surface area contributed by atoms with E-state index in [0.717, 1.165) is 6.07 Å². The van der Waals surface area contributed by atoms with Crippen LogP contribution in [0.1, 0.15) is 12.0 Å². The van der Waals surface area contributed by atoms with E-state index in [1.165, 1.54) is 19.1 Å². The van der Waals surface area contributed by atoms with Gasteiger partial charge in [0, 0.05) is 61.1 Å². The number of phenolic OH excluding ortho intramolecular Hbond substituents is 1. The van der Waals surface area contributed by atoms with Crippen LogP contribution in [0.3, 0.4) is 0 Å². The molecule has 1 aliphatic heterocycles. The Balaban J connectivity index is 1.79. The van der Waals surface area contributed by atoms with E-state index < -0.39 is 29.0 Å². The summed E-state index contributed by atoms with van der Waals surface area (Å²) in [5.41, 5.74) is 8.63. The molecule has 4 aromatic rings. The van der Waals surface area contributed by atoms with Crippen molar-refractivity contribution in [3.63, 3.8) is 0 Å². The van der Waals surface area contributed by atoms with Crippen LogP contribution in [0.15, 0.2) is 48.7 Å². The van der Waals surface area contributed by atoms with E-state index in [0.29, 0.717) is 53.3 Å². The number of methoxy groups -OCH3 is 1. The molecule has 1 fully saturated rings. The summed E-state index contributed by atoms with van der Waals surface area (Å²) in [5.74, 6) is -4.00. The fourth-order valence-electron chi connectivity index (χ4n) is 5.04. The van der Waals surface area contributed by atoms with Gasteiger partial charge in [0.25, 0.3) is 0 Å². The molecule has 192 valence electrons. The number of piperidine rings is 1. The number of aromatic hydroxyl groups is 1. The van der Waals surface area contributed by atoms with Crippen molar-refractivity contribution in [2.24, 2.45) is 5.73 Å². The Morgan fingerprint density at radius 3 is 2.43 bits per heavy atom. The van der Waals surface area contributed by atoms with Gasteiger partial charge in [0.1, 0.15) is 17.5 Å². The van der Waals surface area contributed by atoms with Gasteiger partial charge in [-0.25, -0.2) is 17.6 Å². The van der Waals surface area contributed by atoms with Crippen LogP contribution < -0.4 is 10.6 Å². The van der Waals surface area contributed by atoms with Crippen molar-refractivity contribution in [1.29, 1.82) is 0 Å². The molecule has 5 nitrogen and oxygen atoms in total. The van der Waals surface area contributed by atoms with Crippen molar-refractivity contribution in [2.75, 3.05) is 25.1 Å². The van der Waals surface area contributed by atoms with Gasteiger partial charge in [0.15, 0.2) is 11.6 Å². The molecular weight excluding hydrogens is 486 g/mol. The third-order valence-electron chi connectivity index (χ3n) is 6.98. The minimum absolute atomic E-state index is 0.0167. The van der Waals surface area contributed by atoms with E-state index >= 15 is 0 Å². The molecule has 1 saturated heterocycles. The van der Waals surface area contributed by atoms with Crippen molar-refractivity contribution in [1.82, 2.24) is 4.98 Å². The summed E-state index contributed by atoms with van der Waals surface area (Å²) >= 11 is 0. The third-order valence-corrected chi connectivity index (χ3v) is 6.98. The minimum atomic E-state index is -1.08. The Hall–Kier alpha value is -3.69. The normalized spacial score (nSPS) is 18.0. The fourth-order valence-corrected chi connectivity index (χ4v) is 5.04. The number of aromatic nitrogens is 1. The monoisotopic (exact) mass is 511 g/mol. The molecule has 2 heterocycles. The van der Waals surface area contributed by atoms with Crippen LogP contribution in [-0.4, -0.2) is 42.4 Å². The first-order valence-electron chi connectivity index (χ1n) is 11.8. The standard InChI is InChI=1S/C28H25F4N3O2/c1-14-21(31)11-22(32)28(36)26(14)15-3-4-24-19(9-15)27(35-6-5-23(33)25(13-35)37-2)20(12-34-24)16-7-17(29)10-18(30)8-16/h3-4,7-12,23,25,36H,5-6,13,33H2,1-2H3. The lowest BCUT2D eigenvalue weighted by Gasteiger charge is -2.38. The van der Waals surface area contributed by atoms with Crippen LogP contribution in [0, 0.1) is 30.2 Å². The first-order valence-corrected chi connectivity index (χ1v) is 11.8. The highest BCUT2D eigenvalue weighted by atomic mass is 19.1. The molecule has 1 aliphatic rings. The smallest absolute Gasteiger partial charge is 0.168 e. The van der Waals surface area contributed by atoms with E-state index in [-0.39, 0.29) is 28.8 Å². The number of phenols is 1. The van der Waals surface area contributed by atoms with Gasteiger partial charge in [-0.2, -0.15) is 0 Å². The van der Waals surface area contributed by atoms with Gasteiger partial charge in [-0.1, -0.05) is 6.07 Å². The van der Waals surface area contributed by atoms with Crippen LogP contribution >= 0.6 is 0 Å². The summed E-state index contributed by atoms with van der Waals surface area (Å²) < 4.78 is 62.7. The molecule has 5 rings (SSSR count). The van der Waals surface area contributed by atoms with Crippen molar-refractivity contribution >= 4 is 16.6 Å². The van der Waals surface area contributed by atoms with Gasteiger partial charge in [-0.3, -0.25) is 4.98 Å². The zero-order valence-electron chi connectivity index (χ0n) is 20.2. The molecule has 9 heteroatoms. The van der Waals surface area contributed by atoms with Crippen LogP contribution in [0.25, 0.3) is 33.2 Å². The van der Waals surface area contributed by atoms with E-state index in [9.17, 15) is 22.7 Å². The maximum Gasteiger partial charge on any atom is 0.168 e. The quantitative estimate of drug-likeness (QED) is 0.345. The average molecular weight is 512 g/mol. The van der Waals surface area contributed by atoms with E-state index in [1.54, 1.807) is 31.5 Å². The van der Waals surface area contributed by atoms with Crippen molar-refractivity contribution < 1.29 is 27.4 Å². The summed E-state index contributed by atoms with van der Waals surface area (Å²) in [5, 5.41) is 11.0. The number of fused-ring (bicyclic) bond motifs is 1. The largest absolute Gasteiger partial charge is 0.504 e. The van der Waals surface area contributed by atoms with Crippen LogP contribution in [0.2, 0.25) is 0 Å². The predicted octanol–water partition coefficient (Wildman–Crippen LogP) is 5.69. The summed E-state index contributed by atoms with van der Waals surface area (Å²) in [7, 11) is 1.57. The molecule has 0 saturated carbocycles. The fraction of sp³-hybridized carbons (Fsp3) is 0.250. The molecule has 2 atom stereocenters. The van der Waals surface area contributed by atoms with Crippen molar-refractivity contribution in [3.8, 4) is 28.0 Å². The maximum atomic E-state index is 14.4. The lowest BCUT2D eigenvalue weighted by molar-refractivity contribution is 0.0731. The Morgan fingerprint density at radius 1 is 1.00 bits per heavy atom. The lowest BCUT2D eigenvalue weighted by Crippen LogP contribution is -2.51. The van der Waals surface area contributed by atoms with E-state index in [2.05, 4.69) is 4.98 Å². The van der Waals surface area contributed by atoms with Crippen LogP contribution in [0.5, 0.6) is 5.75 Å². The summed E-state index contributed by atoms with van der Waals surface area (Å²) in [6.45, 7) is 2.40. The first-order chi connectivity index (χ1) is 17.7. The Labute approximate surface area is 211 Å². The molecule has 0 aliphatic carbocycles.